The van der Waals surface area contributed by atoms with Crippen molar-refractivity contribution in [3.63, 3.8) is 0 Å². The van der Waals surface area contributed by atoms with E-state index in [4.69, 9.17) is 4.74 Å². The van der Waals surface area contributed by atoms with Crippen molar-refractivity contribution in [2.75, 3.05) is 26.7 Å². The van der Waals surface area contributed by atoms with Crippen LogP contribution in [0.2, 0.25) is 0 Å². The Morgan fingerprint density at radius 3 is 2.68 bits per heavy atom. The molecule has 1 aromatic carbocycles. The Balaban J connectivity index is 1.35. The van der Waals surface area contributed by atoms with Gasteiger partial charge in [0.1, 0.15) is 11.4 Å². The minimum absolute atomic E-state index is 0.0218. The second kappa shape index (κ2) is 10.3. The van der Waals surface area contributed by atoms with E-state index >= 15 is 0 Å². The quantitative estimate of drug-likeness (QED) is 0.590. The van der Waals surface area contributed by atoms with Gasteiger partial charge in [-0.2, -0.15) is 0 Å². The first-order valence-electron chi connectivity index (χ1n) is 11.8. The van der Waals surface area contributed by atoms with Gasteiger partial charge in [-0.1, -0.05) is 38.0 Å². The Morgan fingerprint density at radius 2 is 1.94 bits per heavy atom. The molecule has 1 fully saturated rings. The van der Waals surface area contributed by atoms with Crippen molar-refractivity contribution >= 4 is 5.91 Å². The summed E-state index contributed by atoms with van der Waals surface area (Å²) in [5, 5.41) is 0. The molecule has 2 heterocycles. The summed E-state index contributed by atoms with van der Waals surface area (Å²) >= 11 is 0. The fourth-order valence-corrected chi connectivity index (χ4v) is 4.67. The lowest BCUT2D eigenvalue weighted by Crippen LogP contribution is -2.38. The molecule has 0 radical (unpaired) electrons. The van der Waals surface area contributed by atoms with Crippen LogP contribution in [0, 0.1) is 0 Å². The van der Waals surface area contributed by atoms with Crippen LogP contribution in [0.25, 0.3) is 0 Å². The topological polar surface area (TPSA) is 45.7 Å². The summed E-state index contributed by atoms with van der Waals surface area (Å²) in [6.07, 6.45) is 9.62. The summed E-state index contributed by atoms with van der Waals surface area (Å²) in [7, 11) is 1.90. The van der Waals surface area contributed by atoms with Crippen LogP contribution in [-0.4, -0.2) is 53.5 Å². The minimum Gasteiger partial charge on any atom is -0.492 e. The SMILES string of the molecule is CCCCOc1ccc(C(=O)N(C)[C@@H]2Cc3ccc(CN4CCCCC4)cc3C2)nc1. The largest absolute Gasteiger partial charge is 0.492 e. The molecule has 166 valence electrons. The first kappa shape index (κ1) is 21.8. The van der Waals surface area contributed by atoms with E-state index < -0.39 is 0 Å². The maximum absolute atomic E-state index is 13.0. The van der Waals surface area contributed by atoms with Crippen LogP contribution >= 0.6 is 0 Å². The number of carbonyl (C=O) groups is 1. The molecule has 0 N–H and O–H groups in total. The standard InChI is InChI=1S/C26H35N3O2/c1-3-4-14-31-24-10-11-25(27-18-24)26(30)28(2)23-16-21-9-8-20(15-22(21)17-23)19-29-12-6-5-7-13-29/h8-11,15,18,23H,3-7,12-14,16-17,19H2,1-2H3/t23-/m1/s1. The van der Waals surface area contributed by atoms with E-state index in [9.17, 15) is 4.79 Å². The molecule has 2 aliphatic rings. The number of unbranched alkanes of at least 4 members (excludes halogenated alkanes) is 1. The molecule has 1 aliphatic carbocycles. The number of likely N-dealkylation sites (N-methyl/N-ethyl adjacent to an activating group) is 1. The van der Waals surface area contributed by atoms with Gasteiger partial charge >= 0.3 is 0 Å². The van der Waals surface area contributed by atoms with Crippen molar-refractivity contribution in [3.8, 4) is 5.75 Å². The van der Waals surface area contributed by atoms with Gasteiger partial charge in [-0.15, -0.1) is 0 Å². The van der Waals surface area contributed by atoms with Crippen molar-refractivity contribution in [1.29, 1.82) is 0 Å². The number of fused-ring (bicyclic) bond motifs is 1. The monoisotopic (exact) mass is 421 g/mol. The molecular weight excluding hydrogens is 386 g/mol. The number of carbonyl (C=O) groups excluding carboxylic acids is 1. The van der Waals surface area contributed by atoms with Crippen LogP contribution in [-0.2, 0) is 19.4 Å². The number of ether oxygens (including phenoxy) is 1. The molecule has 0 unspecified atom stereocenters. The zero-order valence-electron chi connectivity index (χ0n) is 19.0. The van der Waals surface area contributed by atoms with Gasteiger partial charge in [0.25, 0.3) is 5.91 Å². The number of nitrogens with zero attached hydrogens (tertiary/aromatic N) is 3. The van der Waals surface area contributed by atoms with Crippen LogP contribution in [0.3, 0.4) is 0 Å². The summed E-state index contributed by atoms with van der Waals surface area (Å²) in [6.45, 7) is 6.30. The second-order valence-corrected chi connectivity index (χ2v) is 9.00. The van der Waals surface area contributed by atoms with Crippen molar-refractivity contribution < 1.29 is 9.53 Å². The number of piperidine rings is 1. The normalized spacial score (nSPS) is 18.6. The smallest absolute Gasteiger partial charge is 0.272 e. The molecular formula is C26H35N3O2. The molecule has 1 aliphatic heterocycles. The van der Waals surface area contributed by atoms with Crippen molar-refractivity contribution in [2.24, 2.45) is 0 Å². The third kappa shape index (κ3) is 5.45. The highest BCUT2D eigenvalue weighted by atomic mass is 16.5. The number of benzene rings is 1. The van der Waals surface area contributed by atoms with Gasteiger partial charge in [-0.05, 0) is 74.0 Å². The number of hydrogen-bond donors (Lipinski definition) is 0. The Kier molecular flexibility index (Phi) is 7.23. The molecule has 2 aromatic rings. The molecule has 5 nitrogen and oxygen atoms in total. The Labute approximate surface area is 186 Å². The van der Waals surface area contributed by atoms with E-state index in [1.165, 1.54) is 49.0 Å². The lowest BCUT2D eigenvalue weighted by molar-refractivity contribution is 0.0731. The highest BCUT2D eigenvalue weighted by Crippen LogP contribution is 2.28. The molecule has 1 aromatic heterocycles. The fraction of sp³-hybridized carbons (Fsp3) is 0.538. The average molecular weight is 422 g/mol. The number of rotatable bonds is 8. The summed E-state index contributed by atoms with van der Waals surface area (Å²) in [6, 6.07) is 10.7. The first-order chi connectivity index (χ1) is 15.1. The van der Waals surface area contributed by atoms with Crippen LogP contribution in [0.4, 0.5) is 0 Å². The summed E-state index contributed by atoms with van der Waals surface area (Å²) in [5.74, 6) is 0.702. The molecule has 0 bridgehead atoms. The van der Waals surface area contributed by atoms with Crippen molar-refractivity contribution in [3.05, 3.63) is 58.9 Å². The minimum atomic E-state index is -0.0218. The van der Waals surface area contributed by atoms with Gasteiger partial charge < -0.3 is 9.64 Å². The first-order valence-corrected chi connectivity index (χ1v) is 11.8. The molecule has 31 heavy (non-hydrogen) atoms. The Morgan fingerprint density at radius 1 is 1.13 bits per heavy atom. The molecule has 0 spiro atoms. The molecule has 1 amide bonds. The van der Waals surface area contributed by atoms with Gasteiger partial charge in [0.2, 0.25) is 0 Å². The van der Waals surface area contributed by atoms with Crippen LogP contribution in [0.1, 0.15) is 66.2 Å². The zero-order valence-corrected chi connectivity index (χ0v) is 19.0. The Bertz CT molecular complexity index is 875. The van der Waals surface area contributed by atoms with Gasteiger partial charge in [0.05, 0.1) is 12.8 Å². The van der Waals surface area contributed by atoms with E-state index in [1.807, 2.05) is 18.0 Å². The number of pyridine rings is 1. The van der Waals surface area contributed by atoms with Gasteiger partial charge in [0.15, 0.2) is 0 Å². The van der Waals surface area contributed by atoms with Gasteiger partial charge in [-0.3, -0.25) is 9.69 Å². The second-order valence-electron chi connectivity index (χ2n) is 9.00. The van der Waals surface area contributed by atoms with Gasteiger partial charge in [0, 0.05) is 19.6 Å². The van der Waals surface area contributed by atoms with E-state index in [0.29, 0.717) is 12.3 Å². The predicted octanol–water partition coefficient (Wildman–Crippen LogP) is 4.49. The molecule has 4 rings (SSSR count). The highest BCUT2D eigenvalue weighted by molar-refractivity contribution is 5.92. The van der Waals surface area contributed by atoms with Crippen LogP contribution in [0.5, 0.6) is 5.75 Å². The van der Waals surface area contributed by atoms with Gasteiger partial charge in [-0.25, -0.2) is 4.98 Å². The number of likely N-dealkylation sites (tertiary alicyclic amines) is 1. The highest BCUT2D eigenvalue weighted by Gasteiger charge is 2.29. The molecule has 0 saturated carbocycles. The third-order valence-corrected chi connectivity index (χ3v) is 6.63. The average Bonchev–Trinajstić information content (AvgIpc) is 3.23. The van der Waals surface area contributed by atoms with E-state index in [0.717, 1.165) is 38.0 Å². The van der Waals surface area contributed by atoms with Crippen LogP contribution < -0.4 is 4.74 Å². The maximum Gasteiger partial charge on any atom is 0.272 e. The summed E-state index contributed by atoms with van der Waals surface area (Å²) < 4.78 is 5.66. The van der Waals surface area contributed by atoms with Crippen molar-refractivity contribution in [2.45, 2.75) is 64.5 Å². The molecule has 1 atom stereocenters. The number of hydrogen-bond acceptors (Lipinski definition) is 4. The lowest BCUT2D eigenvalue weighted by Gasteiger charge is -2.26. The van der Waals surface area contributed by atoms with E-state index in [2.05, 4.69) is 35.0 Å². The predicted molar refractivity (Wildman–Crippen MR) is 123 cm³/mol. The maximum atomic E-state index is 13.0. The number of amides is 1. The lowest BCUT2D eigenvalue weighted by atomic mass is 10.0. The van der Waals surface area contributed by atoms with Crippen molar-refractivity contribution in [1.82, 2.24) is 14.8 Å². The van der Waals surface area contributed by atoms with E-state index in [1.54, 1.807) is 12.3 Å². The summed E-state index contributed by atoms with van der Waals surface area (Å²) in [4.78, 5) is 21.8. The third-order valence-electron chi connectivity index (χ3n) is 6.63. The summed E-state index contributed by atoms with van der Waals surface area (Å²) in [5.41, 5.74) is 4.65. The Hall–Kier alpha value is -2.40. The van der Waals surface area contributed by atoms with E-state index in [-0.39, 0.29) is 11.9 Å². The zero-order chi connectivity index (χ0) is 21.6. The van der Waals surface area contributed by atoms with Crippen LogP contribution in [0.15, 0.2) is 36.5 Å². The number of aromatic nitrogens is 1. The molecule has 5 heteroatoms. The molecule has 1 saturated heterocycles. The fourth-order valence-electron chi connectivity index (χ4n) is 4.67.